The molecule has 0 aliphatic carbocycles. The molecule has 1 N–H and O–H groups in total. The molecule has 0 amide bonds. The fourth-order valence-corrected chi connectivity index (χ4v) is 2.25. The number of hydrogen-bond acceptors (Lipinski definition) is 2. The molecule has 3 heteroatoms. The van der Waals surface area contributed by atoms with Gasteiger partial charge >= 0.3 is 0 Å². The number of hydrogen-bond donors (Lipinski definition) is 1. The number of fused-ring (bicyclic) bond motifs is 1. The summed E-state index contributed by atoms with van der Waals surface area (Å²) in [6, 6.07) is 3.67. The first-order valence-electron chi connectivity index (χ1n) is 4.36. The molecule has 0 saturated carbocycles. The van der Waals surface area contributed by atoms with Crippen LogP contribution in [0.4, 0.5) is 0 Å². The highest BCUT2D eigenvalue weighted by molar-refractivity contribution is 9.10. The maximum absolute atomic E-state index is 9.63. The second-order valence-electron chi connectivity index (χ2n) is 3.51. The van der Waals surface area contributed by atoms with Crippen LogP contribution >= 0.6 is 15.9 Å². The quantitative estimate of drug-likeness (QED) is 0.753. The second-order valence-corrected chi connectivity index (χ2v) is 4.37. The van der Waals surface area contributed by atoms with Gasteiger partial charge in [0, 0.05) is 23.1 Å². The smallest absolute Gasteiger partial charge is 0.119 e. The molecular weight excluding hydrogens is 230 g/mol. The summed E-state index contributed by atoms with van der Waals surface area (Å²) in [6.07, 6.45) is 0.942. The number of benzene rings is 1. The molecule has 1 aromatic carbocycles. The van der Waals surface area contributed by atoms with E-state index in [1.165, 1.54) is 5.56 Å². The lowest BCUT2D eigenvalue weighted by atomic mass is 9.99. The third kappa shape index (κ3) is 1.58. The summed E-state index contributed by atoms with van der Waals surface area (Å²) in [7, 11) is 2.10. The summed E-state index contributed by atoms with van der Waals surface area (Å²) in [5.74, 6) is 0.436. The van der Waals surface area contributed by atoms with Crippen molar-refractivity contribution in [3.63, 3.8) is 0 Å². The number of rotatable bonds is 0. The standard InChI is InChI=1S/C10H12BrNO/c1-12-5-4-7-8(6-12)9(11)2-3-10(7)13/h2-3,13H,4-6H2,1H3. The topological polar surface area (TPSA) is 23.5 Å². The lowest BCUT2D eigenvalue weighted by molar-refractivity contribution is 0.307. The van der Waals surface area contributed by atoms with Crippen LogP contribution in [0, 0.1) is 0 Å². The normalized spacial score (nSPS) is 17.1. The van der Waals surface area contributed by atoms with Gasteiger partial charge in [-0.15, -0.1) is 0 Å². The molecule has 70 valence electrons. The third-order valence-electron chi connectivity index (χ3n) is 2.52. The van der Waals surface area contributed by atoms with Crippen LogP contribution in [0.5, 0.6) is 5.75 Å². The minimum absolute atomic E-state index is 0.436. The maximum atomic E-state index is 9.63. The van der Waals surface area contributed by atoms with Gasteiger partial charge in [0.25, 0.3) is 0 Å². The van der Waals surface area contributed by atoms with Crippen LogP contribution < -0.4 is 0 Å². The summed E-state index contributed by atoms with van der Waals surface area (Å²) in [4.78, 5) is 2.26. The fourth-order valence-electron chi connectivity index (χ4n) is 1.75. The molecule has 0 atom stereocenters. The van der Waals surface area contributed by atoms with Crippen LogP contribution in [0.2, 0.25) is 0 Å². The van der Waals surface area contributed by atoms with Crippen molar-refractivity contribution in [3.8, 4) is 5.75 Å². The first kappa shape index (κ1) is 9.03. The number of nitrogens with zero attached hydrogens (tertiary/aromatic N) is 1. The zero-order valence-corrected chi connectivity index (χ0v) is 9.13. The number of likely N-dealkylation sites (N-methyl/N-ethyl adjacent to an activating group) is 1. The minimum Gasteiger partial charge on any atom is -0.508 e. The Kier molecular flexibility index (Phi) is 2.30. The predicted octanol–water partition coefficient (Wildman–Crippen LogP) is 2.14. The SMILES string of the molecule is CN1CCc2c(O)ccc(Br)c2C1. The summed E-state index contributed by atoms with van der Waals surface area (Å²) in [5, 5.41) is 9.63. The van der Waals surface area contributed by atoms with Crippen molar-refractivity contribution in [2.24, 2.45) is 0 Å². The Balaban J connectivity index is 2.51. The van der Waals surface area contributed by atoms with Gasteiger partial charge < -0.3 is 10.0 Å². The van der Waals surface area contributed by atoms with Gasteiger partial charge in [-0.3, -0.25) is 0 Å². The molecule has 0 aromatic heterocycles. The van der Waals surface area contributed by atoms with Gasteiger partial charge in [0.2, 0.25) is 0 Å². The molecule has 1 aliphatic heterocycles. The van der Waals surface area contributed by atoms with E-state index in [1.54, 1.807) is 6.07 Å². The first-order valence-corrected chi connectivity index (χ1v) is 5.15. The Morgan fingerprint density at radius 1 is 1.38 bits per heavy atom. The van der Waals surface area contributed by atoms with Crippen LogP contribution in [-0.4, -0.2) is 23.6 Å². The highest BCUT2D eigenvalue weighted by atomic mass is 79.9. The molecule has 1 aromatic rings. The van der Waals surface area contributed by atoms with Gasteiger partial charge in [-0.1, -0.05) is 15.9 Å². The van der Waals surface area contributed by atoms with Crippen molar-refractivity contribution in [1.29, 1.82) is 0 Å². The van der Waals surface area contributed by atoms with Crippen molar-refractivity contribution in [1.82, 2.24) is 4.90 Å². The third-order valence-corrected chi connectivity index (χ3v) is 3.26. The summed E-state index contributed by atoms with van der Waals surface area (Å²) in [5.41, 5.74) is 2.33. The van der Waals surface area contributed by atoms with Crippen molar-refractivity contribution in [2.75, 3.05) is 13.6 Å². The lowest BCUT2D eigenvalue weighted by Crippen LogP contribution is -2.26. The second kappa shape index (κ2) is 3.31. The van der Waals surface area contributed by atoms with E-state index in [4.69, 9.17) is 0 Å². The van der Waals surface area contributed by atoms with E-state index in [0.717, 1.165) is 29.5 Å². The molecule has 2 rings (SSSR count). The zero-order chi connectivity index (χ0) is 9.42. The molecule has 2 nitrogen and oxygen atoms in total. The molecule has 0 radical (unpaired) electrons. The largest absolute Gasteiger partial charge is 0.508 e. The average Bonchev–Trinajstić information content (AvgIpc) is 2.12. The summed E-state index contributed by atoms with van der Waals surface area (Å²) in [6.45, 7) is 1.95. The van der Waals surface area contributed by atoms with E-state index in [2.05, 4.69) is 27.9 Å². The van der Waals surface area contributed by atoms with Crippen LogP contribution in [0.25, 0.3) is 0 Å². The highest BCUT2D eigenvalue weighted by Crippen LogP contribution is 2.32. The van der Waals surface area contributed by atoms with E-state index in [0.29, 0.717) is 5.75 Å². The van der Waals surface area contributed by atoms with Crippen LogP contribution in [0.1, 0.15) is 11.1 Å². The molecule has 0 bridgehead atoms. The fraction of sp³-hybridized carbons (Fsp3) is 0.400. The molecule has 0 spiro atoms. The molecule has 0 fully saturated rings. The monoisotopic (exact) mass is 241 g/mol. The van der Waals surface area contributed by atoms with Crippen molar-refractivity contribution < 1.29 is 5.11 Å². The number of halogens is 1. The Hall–Kier alpha value is -0.540. The Morgan fingerprint density at radius 3 is 2.92 bits per heavy atom. The minimum atomic E-state index is 0.436. The summed E-state index contributed by atoms with van der Waals surface area (Å²) < 4.78 is 1.10. The van der Waals surface area contributed by atoms with E-state index < -0.39 is 0 Å². The molecule has 1 heterocycles. The van der Waals surface area contributed by atoms with Gasteiger partial charge in [0.15, 0.2) is 0 Å². The van der Waals surface area contributed by atoms with Crippen LogP contribution in [0.15, 0.2) is 16.6 Å². The van der Waals surface area contributed by atoms with E-state index in [9.17, 15) is 5.11 Å². The Labute approximate surface area is 86.3 Å². The van der Waals surface area contributed by atoms with E-state index in [-0.39, 0.29) is 0 Å². The van der Waals surface area contributed by atoms with E-state index in [1.807, 2.05) is 6.07 Å². The molecule has 0 saturated heterocycles. The first-order chi connectivity index (χ1) is 6.18. The zero-order valence-electron chi connectivity index (χ0n) is 7.55. The van der Waals surface area contributed by atoms with Gasteiger partial charge in [0.05, 0.1) is 0 Å². The molecule has 1 aliphatic rings. The van der Waals surface area contributed by atoms with Gasteiger partial charge in [-0.25, -0.2) is 0 Å². The summed E-state index contributed by atoms with van der Waals surface area (Å²) >= 11 is 3.51. The highest BCUT2D eigenvalue weighted by Gasteiger charge is 2.18. The van der Waals surface area contributed by atoms with Crippen LogP contribution in [0.3, 0.4) is 0 Å². The molecule has 0 unspecified atom stereocenters. The van der Waals surface area contributed by atoms with Crippen molar-refractivity contribution in [3.05, 3.63) is 27.7 Å². The van der Waals surface area contributed by atoms with Crippen molar-refractivity contribution in [2.45, 2.75) is 13.0 Å². The maximum Gasteiger partial charge on any atom is 0.119 e. The number of aromatic hydroxyl groups is 1. The number of phenolic OH excluding ortho intramolecular Hbond substituents is 1. The van der Waals surface area contributed by atoms with Gasteiger partial charge in [0.1, 0.15) is 5.75 Å². The van der Waals surface area contributed by atoms with Gasteiger partial charge in [-0.2, -0.15) is 0 Å². The Morgan fingerprint density at radius 2 is 2.15 bits per heavy atom. The average molecular weight is 242 g/mol. The van der Waals surface area contributed by atoms with Crippen molar-refractivity contribution >= 4 is 15.9 Å². The lowest BCUT2D eigenvalue weighted by Gasteiger charge is -2.26. The van der Waals surface area contributed by atoms with E-state index >= 15 is 0 Å². The Bertz CT molecular complexity index is 338. The number of phenols is 1. The molecule has 13 heavy (non-hydrogen) atoms. The molecular formula is C10H12BrNO. The predicted molar refractivity (Wildman–Crippen MR) is 55.8 cm³/mol. The van der Waals surface area contributed by atoms with Gasteiger partial charge in [-0.05, 0) is 31.2 Å². The van der Waals surface area contributed by atoms with Crippen LogP contribution in [-0.2, 0) is 13.0 Å².